The highest BCUT2D eigenvalue weighted by molar-refractivity contribution is 5.95. The molecule has 1 aliphatic rings. The third-order valence-electron chi connectivity index (χ3n) is 4.33. The molecule has 1 atom stereocenters. The fourth-order valence-corrected chi connectivity index (χ4v) is 3.11. The van der Waals surface area contributed by atoms with Crippen molar-refractivity contribution in [1.29, 1.82) is 0 Å². The third-order valence-corrected chi connectivity index (χ3v) is 4.33. The van der Waals surface area contributed by atoms with Crippen LogP contribution >= 0.6 is 0 Å². The summed E-state index contributed by atoms with van der Waals surface area (Å²) in [5.74, 6) is 2.81. The van der Waals surface area contributed by atoms with Gasteiger partial charge in [0.25, 0.3) is 5.91 Å². The first kappa shape index (κ1) is 14.7. The molecule has 4 heteroatoms. The number of carbonyl (C=O) groups is 1. The Morgan fingerprint density at radius 3 is 2.59 bits per heavy atom. The predicted molar refractivity (Wildman–Crippen MR) is 84.4 cm³/mol. The maximum absolute atomic E-state index is 12.6. The molecule has 3 rings (SSSR count). The average molecular weight is 299 g/mol. The van der Waals surface area contributed by atoms with Crippen LogP contribution < -0.4 is 4.74 Å². The van der Waals surface area contributed by atoms with Crippen LogP contribution in [0, 0.1) is 13.8 Å². The van der Waals surface area contributed by atoms with Gasteiger partial charge in [0.1, 0.15) is 17.3 Å². The summed E-state index contributed by atoms with van der Waals surface area (Å²) in [4.78, 5) is 14.5. The van der Waals surface area contributed by atoms with E-state index in [2.05, 4.69) is 12.1 Å². The lowest BCUT2D eigenvalue weighted by atomic mass is 9.98. The second-order valence-corrected chi connectivity index (χ2v) is 5.84. The summed E-state index contributed by atoms with van der Waals surface area (Å²) in [6, 6.07) is 9.96. The molecule has 1 fully saturated rings. The zero-order valence-electron chi connectivity index (χ0n) is 13.3. The molecule has 1 aliphatic heterocycles. The standard InChI is InChI=1S/C18H21NO3/c1-12-10-17(13(2)22-12)18(20)19-9-8-15(11-19)14-4-6-16(21-3)7-5-14/h4-7,10,15H,8-9,11H2,1-3H3/t15-/m1/s1. The van der Waals surface area contributed by atoms with Crippen molar-refractivity contribution in [2.75, 3.05) is 20.2 Å². The van der Waals surface area contributed by atoms with Gasteiger partial charge in [-0.15, -0.1) is 0 Å². The number of methoxy groups -OCH3 is 1. The van der Waals surface area contributed by atoms with Gasteiger partial charge in [0.05, 0.1) is 12.7 Å². The molecule has 1 aromatic carbocycles. The Kier molecular flexibility index (Phi) is 3.92. The van der Waals surface area contributed by atoms with E-state index in [0.717, 1.165) is 31.0 Å². The van der Waals surface area contributed by atoms with E-state index in [1.807, 2.05) is 36.9 Å². The molecule has 1 amide bonds. The number of likely N-dealkylation sites (tertiary alicyclic amines) is 1. The number of carbonyl (C=O) groups excluding carboxylic acids is 1. The number of hydrogen-bond donors (Lipinski definition) is 0. The summed E-state index contributed by atoms with van der Waals surface area (Å²) < 4.78 is 10.7. The van der Waals surface area contributed by atoms with Gasteiger partial charge in [-0.3, -0.25) is 4.79 Å². The maximum atomic E-state index is 12.6. The molecular formula is C18H21NO3. The summed E-state index contributed by atoms with van der Waals surface area (Å²) in [5, 5.41) is 0. The van der Waals surface area contributed by atoms with Gasteiger partial charge in [-0.1, -0.05) is 12.1 Å². The van der Waals surface area contributed by atoms with Crippen molar-refractivity contribution >= 4 is 5.91 Å². The Hall–Kier alpha value is -2.23. The molecule has 2 aromatic rings. The smallest absolute Gasteiger partial charge is 0.257 e. The van der Waals surface area contributed by atoms with Crippen LogP contribution in [-0.2, 0) is 0 Å². The van der Waals surface area contributed by atoms with E-state index in [-0.39, 0.29) is 5.91 Å². The Balaban J connectivity index is 1.71. The highest BCUT2D eigenvalue weighted by Crippen LogP contribution is 2.30. The molecule has 0 spiro atoms. The first-order valence-corrected chi connectivity index (χ1v) is 7.58. The number of rotatable bonds is 3. The molecule has 0 unspecified atom stereocenters. The minimum absolute atomic E-state index is 0.0744. The monoisotopic (exact) mass is 299 g/mol. The highest BCUT2D eigenvalue weighted by atomic mass is 16.5. The molecule has 0 saturated carbocycles. The van der Waals surface area contributed by atoms with E-state index in [0.29, 0.717) is 17.2 Å². The van der Waals surface area contributed by atoms with Gasteiger partial charge in [0.15, 0.2) is 0 Å². The van der Waals surface area contributed by atoms with Crippen molar-refractivity contribution < 1.29 is 13.9 Å². The van der Waals surface area contributed by atoms with Gasteiger partial charge in [-0.05, 0) is 44.0 Å². The summed E-state index contributed by atoms with van der Waals surface area (Å²) in [6.07, 6.45) is 0.994. The van der Waals surface area contributed by atoms with Crippen LogP contribution in [0.1, 0.15) is 39.8 Å². The molecule has 0 aliphatic carbocycles. The van der Waals surface area contributed by atoms with E-state index < -0.39 is 0 Å². The van der Waals surface area contributed by atoms with Crippen LogP contribution in [0.4, 0.5) is 0 Å². The molecule has 0 bridgehead atoms. The third kappa shape index (κ3) is 2.73. The Bertz CT molecular complexity index is 672. The van der Waals surface area contributed by atoms with Gasteiger partial charge in [0, 0.05) is 19.0 Å². The first-order chi connectivity index (χ1) is 10.6. The number of nitrogens with zero attached hydrogens (tertiary/aromatic N) is 1. The average Bonchev–Trinajstić information content (AvgIpc) is 3.13. The second kappa shape index (κ2) is 5.87. The fraction of sp³-hybridized carbons (Fsp3) is 0.389. The van der Waals surface area contributed by atoms with Gasteiger partial charge in [-0.25, -0.2) is 0 Å². The van der Waals surface area contributed by atoms with Crippen LogP contribution in [0.15, 0.2) is 34.7 Å². The maximum Gasteiger partial charge on any atom is 0.257 e. The second-order valence-electron chi connectivity index (χ2n) is 5.84. The van der Waals surface area contributed by atoms with Crippen molar-refractivity contribution in [3.63, 3.8) is 0 Å². The summed E-state index contributed by atoms with van der Waals surface area (Å²) in [6.45, 7) is 5.26. The van der Waals surface area contributed by atoms with E-state index in [1.54, 1.807) is 7.11 Å². The van der Waals surface area contributed by atoms with Crippen LogP contribution in [0.2, 0.25) is 0 Å². The molecule has 4 nitrogen and oxygen atoms in total. The molecule has 116 valence electrons. The zero-order valence-corrected chi connectivity index (χ0v) is 13.3. The molecule has 1 aromatic heterocycles. The van der Waals surface area contributed by atoms with Gasteiger partial charge in [-0.2, -0.15) is 0 Å². The van der Waals surface area contributed by atoms with Gasteiger partial charge < -0.3 is 14.1 Å². The highest BCUT2D eigenvalue weighted by Gasteiger charge is 2.29. The lowest BCUT2D eigenvalue weighted by molar-refractivity contribution is 0.0789. The number of amides is 1. The zero-order chi connectivity index (χ0) is 15.7. The van der Waals surface area contributed by atoms with E-state index in [4.69, 9.17) is 9.15 Å². The lowest BCUT2D eigenvalue weighted by Crippen LogP contribution is -2.28. The molecular weight excluding hydrogens is 278 g/mol. The normalized spacial score (nSPS) is 17.8. The van der Waals surface area contributed by atoms with Gasteiger partial charge >= 0.3 is 0 Å². The van der Waals surface area contributed by atoms with Gasteiger partial charge in [0.2, 0.25) is 0 Å². The Morgan fingerprint density at radius 2 is 2.00 bits per heavy atom. The number of hydrogen-bond acceptors (Lipinski definition) is 3. The molecule has 2 heterocycles. The predicted octanol–water partition coefficient (Wildman–Crippen LogP) is 3.53. The molecule has 22 heavy (non-hydrogen) atoms. The SMILES string of the molecule is COc1ccc([C@@H]2CCN(C(=O)c3cc(C)oc3C)C2)cc1. The number of furan rings is 1. The number of benzene rings is 1. The number of ether oxygens (including phenoxy) is 1. The van der Waals surface area contributed by atoms with Crippen LogP contribution in [0.25, 0.3) is 0 Å². The van der Waals surface area contributed by atoms with E-state index in [9.17, 15) is 4.79 Å². The van der Waals surface area contributed by atoms with Crippen molar-refractivity contribution in [3.05, 3.63) is 53.0 Å². The van der Waals surface area contributed by atoms with E-state index in [1.165, 1.54) is 5.56 Å². The molecule has 1 saturated heterocycles. The lowest BCUT2D eigenvalue weighted by Gasteiger charge is -2.16. The summed E-state index contributed by atoms with van der Waals surface area (Å²) in [5.41, 5.74) is 1.95. The largest absolute Gasteiger partial charge is 0.497 e. The Labute approximate surface area is 130 Å². The topological polar surface area (TPSA) is 42.7 Å². The van der Waals surface area contributed by atoms with Crippen LogP contribution in [0.5, 0.6) is 5.75 Å². The molecule has 0 N–H and O–H groups in total. The minimum atomic E-state index is 0.0744. The fourth-order valence-electron chi connectivity index (χ4n) is 3.11. The summed E-state index contributed by atoms with van der Waals surface area (Å²) in [7, 11) is 1.67. The van der Waals surface area contributed by atoms with E-state index >= 15 is 0 Å². The van der Waals surface area contributed by atoms with Crippen molar-refractivity contribution in [2.24, 2.45) is 0 Å². The van der Waals surface area contributed by atoms with Crippen molar-refractivity contribution in [2.45, 2.75) is 26.2 Å². The van der Waals surface area contributed by atoms with Crippen LogP contribution in [-0.4, -0.2) is 31.0 Å². The van der Waals surface area contributed by atoms with Crippen molar-refractivity contribution in [1.82, 2.24) is 4.90 Å². The number of aryl methyl sites for hydroxylation is 2. The molecule has 0 radical (unpaired) electrons. The van der Waals surface area contributed by atoms with Crippen molar-refractivity contribution in [3.8, 4) is 5.75 Å². The Morgan fingerprint density at radius 1 is 1.27 bits per heavy atom. The first-order valence-electron chi connectivity index (χ1n) is 7.58. The minimum Gasteiger partial charge on any atom is -0.497 e. The van der Waals surface area contributed by atoms with Crippen LogP contribution in [0.3, 0.4) is 0 Å². The summed E-state index contributed by atoms with van der Waals surface area (Å²) >= 11 is 0. The quantitative estimate of drug-likeness (QED) is 0.870.